The van der Waals surface area contributed by atoms with Crippen LogP contribution in [0.4, 0.5) is 0 Å². The quantitative estimate of drug-likeness (QED) is 0.479. The Morgan fingerprint density at radius 2 is 2.43 bits per heavy atom. The van der Waals surface area contributed by atoms with Gasteiger partial charge in [0, 0.05) is 11.9 Å². The molecule has 1 rings (SSSR count). The summed E-state index contributed by atoms with van der Waals surface area (Å²) in [5.74, 6) is 0. The fourth-order valence-electron chi connectivity index (χ4n) is 0.531. The summed E-state index contributed by atoms with van der Waals surface area (Å²) in [6.45, 7) is 2.04. The van der Waals surface area contributed by atoms with E-state index in [1.54, 1.807) is 0 Å². The highest BCUT2D eigenvalue weighted by molar-refractivity contribution is 7.27. The lowest BCUT2D eigenvalue weighted by Crippen LogP contribution is -1.75. The Morgan fingerprint density at radius 1 is 1.71 bits per heavy atom. The maximum absolute atomic E-state index is 3.05. The molecule has 0 aliphatic carbocycles. The summed E-state index contributed by atoms with van der Waals surface area (Å²) < 4.78 is 0. The molecule has 0 radical (unpaired) electrons. The topological polar surface area (TPSA) is 15.8 Å². The monoisotopic (exact) mass is 113 g/mol. The van der Waals surface area contributed by atoms with E-state index in [0.29, 0.717) is 0 Å². The van der Waals surface area contributed by atoms with Crippen LogP contribution < -0.4 is 5.30 Å². The van der Waals surface area contributed by atoms with E-state index in [1.807, 2.05) is 13.1 Å². The Labute approximate surface area is 45.3 Å². The number of aromatic nitrogens is 1. The second-order valence-corrected chi connectivity index (χ2v) is 2.28. The average Bonchev–Trinajstić information content (AvgIpc) is 1.87. The van der Waals surface area contributed by atoms with E-state index in [4.69, 9.17) is 0 Å². The van der Waals surface area contributed by atoms with E-state index in [-0.39, 0.29) is 0 Å². The molecule has 0 saturated carbocycles. The van der Waals surface area contributed by atoms with E-state index >= 15 is 0 Å². The van der Waals surface area contributed by atoms with E-state index in [0.717, 1.165) is 0 Å². The molecule has 0 fully saturated rings. The van der Waals surface area contributed by atoms with E-state index in [9.17, 15) is 0 Å². The summed E-state index contributed by atoms with van der Waals surface area (Å²) in [7, 11) is 2.62. The minimum atomic E-state index is 1.21. The molecule has 0 aliphatic rings. The molecule has 2 heteroatoms. The SMILES string of the molecule is Cc1cc(P)c[nH]1. The fourth-order valence-corrected chi connectivity index (χ4v) is 0.864. The van der Waals surface area contributed by atoms with E-state index in [1.165, 1.54) is 11.0 Å². The van der Waals surface area contributed by atoms with Gasteiger partial charge in [0.2, 0.25) is 0 Å². The van der Waals surface area contributed by atoms with Crippen LogP contribution in [0.25, 0.3) is 0 Å². The first-order valence-corrected chi connectivity index (χ1v) is 2.77. The number of aryl methyl sites for hydroxylation is 1. The van der Waals surface area contributed by atoms with Crippen LogP contribution in [0.3, 0.4) is 0 Å². The van der Waals surface area contributed by atoms with Gasteiger partial charge in [0.15, 0.2) is 0 Å². The third-order valence-corrected chi connectivity index (χ3v) is 1.18. The maximum Gasteiger partial charge on any atom is 0.0121 e. The van der Waals surface area contributed by atoms with Gasteiger partial charge in [-0.05, 0) is 18.3 Å². The first kappa shape index (κ1) is 4.86. The van der Waals surface area contributed by atoms with Gasteiger partial charge in [-0.3, -0.25) is 0 Å². The lowest BCUT2D eigenvalue weighted by molar-refractivity contribution is 1.27. The number of nitrogens with one attached hydrogen (secondary N) is 1. The Morgan fingerprint density at radius 3 is 2.57 bits per heavy atom. The smallest absolute Gasteiger partial charge is 0.0121 e. The minimum Gasteiger partial charge on any atom is -0.365 e. The summed E-state index contributed by atoms with van der Waals surface area (Å²) in [4.78, 5) is 3.05. The van der Waals surface area contributed by atoms with Crippen molar-refractivity contribution in [2.24, 2.45) is 0 Å². The molecular formula is C5H8NP. The highest BCUT2D eigenvalue weighted by atomic mass is 31.0. The zero-order valence-electron chi connectivity index (χ0n) is 4.23. The Balaban J connectivity index is 3.04. The van der Waals surface area contributed by atoms with Gasteiger partial charge >= 0.3 is 0 Å². The van der Waals surface area contributed by atoms with Crippen LogP contribution >= 0.6 is 9.24 Å². The minimum absolute atomic E-state index is 1.21. The molecule has 1 aromatic rings. The van der Waals surface area contributed by atoms with Crippen LogP contribution in [-0.4, -0.2) is 4.98 Å². The lowest BCUT2D eigenvalue weighted by atomic mass is 10.5. The molecule has 0 aliphatic heterocycles. The third kappa shape index (κ3) is 1.04. The van der Waals surface area contributed by atoms with Gasteiger partial charge in [0.25, 0.3) is 0 Å². The van der Waals surface area contributed by atoms with Crippen molar-refractivity contribution >= 4 is 14.5 Å². The van der Waals surface area contributed by atoms with Gasteiger partial charge in [0.05, 0.1) is 0 Å². The fraction of sp³-hybridized carbons (Fsp3) is 0.200. The highest BCUT2D eigenvalue weighted by Gasteiger charge is 1.82. The van der Waals surface area contributed by atoms with Gasteiger partial charge < -0.3 is 4.98 Å². The first-order valence-electron chi connectivity index (χ1n) is 2.19. The van der Waals surface area contributed by atoms with Crippen molar-refractivity contribution in [3.63, 3.8) is 0 Å². The van der Waals surface area contributed by atoms with Crippen molar-refractivity contribution in [2.45, 2.75) is 6.92 Å². The van der Waals surface area contributed by atoms with Gasteiger partial charge in [-0.2, -0.15) is 0 Å². The number of aromatic amines is 1. The van der Waals surface area contributed by atoms with Crippen LogP contribution in [0.15, 0.2) is 12.3 Å². The van der Waals surface area contributed by atoms with Crippen LogP contribution in [0.2, 0.25) is 0 Å². The van der Waals surface area contributed by atoms with Crippen molar-refractivity contribution in [2.75, 3.05) is 0 Å². The van der Waals surface area contributed by atoms with Gasteiger partial charge in [0.1, 0.15) is 0 Å². The zero-order valence-corrected chi connectivity index (χ0v) is 5.39. The average molecular weight is 113 g/mol. The van der Waals surface area contributed by atoms with Crippen molar-refractivity contribution in [1.82, 2.24) is 4.98 Å². The summed E-state index contributed by atoms with van der Waals surface area (Å²) in [5.41, 5.74) is 1.21. The molecule has 1 nitrogen and oxygen atoms in total. The van der Waals surface area contributed by atoms with Crippen LogP contribution in [0.1, 0.15) is 5.69 Å². The predicted molar refractivity (Wildman–Crippen MR) is 34.9 cm³/mol. The van der Waals surface area contributed by atoms with Crippen molar-refractivity contribution in [3.05, 3.63) is 18.0 Å². The number of hydrogen-bond acceptors (Lipinski definition) is 0. The summed E-state index contributed by atoms with van der Waals surface area (Å²) >= 11 is 0. The summed E-state index contributed by atoms with van der Waals surface area (Å²) in [5, 5.41) is 1.22. The van der Waals surface area contributed by atoms with Gasteiger partial charge in [-0.25, -0.2) is 0 Å². The molecule has 0 spiro atoms. The molecule has 1 N–H and O–H groups in total. The molecular weight excluding hydrogens is 105 g/mol. The molecule has 1 aromatic heterocycles. The van der Waals surface area contributed by atoms with Crippen molar-refractivity contribution in [3.8, 4) is 0 Å². The van der Waals surface area contributed by atoms with Crippen LogP contribution in [0, 0.1) is 6.92 Å². The largest absolute Gasteiger partial charge is 0.365 e. The number of H-pyrrole nitrogens is 1. The molecule has 0 aromatic carbocycles. The molecule has 0 amide bonds. The number of rotatable bonds is 0. The second-order valence-electron chi connectivity index (χ2n) is 1.62. The molecule has 0 saturated heterocycles. The second kappa shape index (κ2) is 1.67. The standard InChI is InChI=1S/C5H8NP/c1-4-2-5(7)3-6-4/h2-3,6H,7H2,1H3. The molecule has 1 heterocycles. The molecule has 0 bridgehead atoms. The predicted octanol–water partition coefficient (Wildman–Crippen LogP) is 0.824. The Hall–Kier alpha value is -0.290. The van der Waals surface area contributed by atoms with Crippen molar-refractivity contribution < 1.29 is 0 Å². The van der Waals surface area contributed by atoms with Gasteiger partial charge in [-0.1, -0.05) is 0 Å². The zero-order chi connectivity index (χ0) is 5.28. The van der Waals surface area contributed by atoms with Crippen molar-refractivity contribution in [1.29, 1.82) is 0 Å². The summed E-state index contributed by atoms with van der Waals surface area (Å²) in [6, 6.07) is 2.07. The van der Waals surface area contributed by atoms with E-state index in [2.05, 4.69) is 20.3 Å². The maximum atomic E-state index is 3.05. The lowest BCUT2D eigenvalue weighted by Gasteiger charge is -1.71. The summed E-state index contributed by atoms with van der Waals surface area (Å²) in [6.07, 6.45) is 1.96. The molecule has 38 valence electrons. The number of hydrogen-bond donors (Lipinski definition) is 1. The molecule has 7 heavy (non-hydrogen) atoms. The third-order valence-electron chi connectivity index (χ3n) is 0.850. The molecule has 1 unspecified atom stereocenters. The Kier molecular flexibility index (Phi) is 1.16. The van der Waals surface area contributed by atoms with E-state index < -0.39 is 0 Å². The highest BCUT2D eigenvalue weighted by Crippen LogP contribution is 1.91. The Bertz CT molecular complexity index is 140. The van der Waals surface area contributed by atoms with Gasteiger partial charge in [-0.15, -0.1) is 9.24 Å². The molecule has 1 atom stereocenters. The normalized spacial score (nSPS) is 9.43. The van der Waals surface area contributed by atoms with Crippen LogP contribution in [-0.2, 0) is 0 Å². The first-order chi connectivity index (χ1) is 3.29. The van der Waals surface area contributed by atoms with Crippen LogP contribution in [0.5, 0.6) is 0 Å².